The second-order valence-electron chi connectivity index (χ2n) is 15.8. The molecule has 0 spiro atoms. The molecule has 1 unspecified atom stereocenters. The summed E-state index contributed by atoms with van der Waals surface area (Å²) in [5.74, 6) is -8.90. The zero-order valence-corrected chi connectivity index (χ0v) is 30.2. The van der Waals surface area contributed by atoms with Crippen LogP contribution in [0.2, 0.25) is 0 Å². The summed E-state index contributed by atoms with van der Waals surface area (Å²) in [5.41, 5.74) is -6.61. The highest BCUT2D eigenvalue weighted by Gasteiger charge is 2.84. The van der Waals surface area contributed by atoms with E-state index in [-0.39, 0.29) is 31.1 Å². The Morgan fingerprint density at radius 2 is 1.54 bits per heavy atom. The molecule has 0 aromatic carbocycles. The van der Waals surface area contributed by atoms with Gasteiger partial charge in [0.1, 0.15) is 30.5 Å². The van der Waals surface area contributed by atoms with Crippen LogP contribution in [0.3, 0.4) is 0 Å². The van der Waals surface area contributed by atoms with E-state index >= 15 is 4.79 Å². The molecule has 12 nitrogen and oxygen atoms in total. The van der Waals surface area contributed by atoms with Gasteiger partial charge in [-0.2, -0.15) is 0 Å². The van der Waals surface area contributed by atoms with Crippen molar-refractivity contribution < 1.29 is 57.6 Å². The molecular formula is C36H54O12. The van der Waals surface area contributed by atoms with Gasteiger partial charge in [-0.1, -0.05) is 55.4 Å². The molecule has 270 valence electrons. The van der Waals surface area contributed by atoms with Crippen LogP contribution in [0.1, 0.15) is 102 Å². The molecule has 4 rings (SSSR count). The molecule has 4 aliphatic rings. The van der Waals surface area contributed by atoms with E-state index in [1.54, 1.807) is 34.6 Å². The maximum atomic E-state index is 15.2. The van der Waals surface area contributed by atoms with Crippen molar-refractivity contribution in [2.24, 2.45) is 52.3 Å². The summed E-state index contributed by atoms with van der Waals surface area (Å²) in [6.07, 6.45) is -3.29. The molecule has 0 aromatic heterocycles. The first-order valence-corrected chi connectivity index (χ1v) is 17.4. The molecule has 4 fully saturated rings. The number of carbonyl (C=O) groups is 6. The molecule has 0 heterocycles. The average molecular weight is 679 g/mol. The Morgan fingerprint density at radius 3 is 2.06 bits per heavy atom. The third-order valence-electron chi connectivity index (χ3n) is 12.0. The summed E-state index contributed by atoms with van der Waals surface area (Å²) < 4.78 is 30.7. The number of ether oxygens (including phenoxy) is 5. The van der Waals surface area contributed by atoms with E-state index in [1.807, 2.05) is 20.8 Å². The van der Waals surface area contributed by atoms with Crippen LogP contribution in [0, 0.1) is 52.3 Å². The SMILES string of the molecule is CCC(=O)O[C@@H]1[C@@H]2[C@@H](OC(=O)C(C)CC)[C@@]3(COC(=O)C(C)C)[C@@H]([C@@H]4[C@H](C[C@H]3OC(C)=O)C4(C)C)[C@](C)(OC(C)=O)C(=O)[C@@]2(O)C[C@@H]1C. The van der Waals surface area contributed by atoms with Crippen LogP contribution >= 0.6 is 0 Å². The quantitative estimate of drug-likeness (QED) is 0.261. The van der Waals surface area contributed by atoms with E-state index in [2.05, 4.69) is 0 Å². The van der Waals surface area contributed by atoms with E-state index in [0.29, 0.717) is 6.42 Å². The highest BCUT2D eigenvalue weighted by atomic mass is 16.6. The molecule has 12 atom stereocenters. The lowest BCUT2D eigenvalue weighted by Crippen LogP contribution is -2.66. The fourth-order valence-corrected chi connectivity index (χ4v) is 9.45. The van der Waals surface area contributed by atoms with Crippen LogP contribution in [0.4, 0.5) is 0 Å². The van der Waals surface area contributed by atoms with E-state index in [0.717, 1.165) is 6.92 Å². The Labute approximate surface area is 283 Å². The monoisotopic (exact) mass is 678 g/mol. The number of esters is 5. The van der Waals surface area contributed by atoms with Crippen molar-refractivity contribution in [2.45, 2.75) is 131 Å². The number of fused-ring (bicyclic) bond motifs is 4. The van der Waals surface area contributed by atoms with Crippen LogP contribution < -0.4 is 0 Å². The standard InChI is InChI=1S/C36H54O12/c1-12-18(5)31(41)47-29-26-27(46-24(39)13-2)19(6)15-36(26,43)32(42)34(11,48-21(8)38)28-25-22(33(25,9)10)14-23(45-20(7)37)35(28,29)16-44-30(40)17(3)4/h17-19,22-23,25-29,43H,12-16H2,1-11H3/t18?,19-,22-,23+,25-,26+,27-,28-,29+,34-,35+,36+/m0/s1. The molecule has 0 radical (unpaired) electrons. The van der Waals surface area contributed by atoms with Crippen molar-refractivity contribution in [3.05, 3.63) is 0 Å². The Balaban J connectivity index is 2.17. The van der Waals surface area contributed by atoms with Crippen LogP contribution in [-0.2, 0) is 52.5 Å². The smallest absolute Gasteiger partial charge is 0.308 e. The van der Waals surface area contributed by atoms with E-state index in [9.17, 15) is 29.1 Å². The van der Waals surface area contributed by atoms with Gasteiger partial charge in [-0.25, -0.2) is 0 Å². The van der Waals surface area contributed by atoms with Crippen LogP contribution in [0.25, 0.3) is 0 Å². The lowest BCUT2D eigenvalue weighted by atomic mass is 9.55. The van der Waals surface area contributed by atoms with Crippen LogP contribution in [0.15, 0.2) is 0 Å². The van der Waals surface area contributed by atoms with E-state index in [1.165, 1.54) is 13.8 Å². The third kappa shape index (κ3) is 5.93. The Bertz CT molecular complexity index is 1340. The normalized spacial score (nSPS) is 39.9. The van der Waals surface area contributed by atoms with E-state index < -0.39 is 112 Å². The van der Waals surface area contributed by atoms with Gasteiger partial charge in [-0.15, -0.1) is 0 Å². The lowest BCUT2D eigenvalue weighted by Gasteiger charge is -2.55. The molecule has 4 saturated carbocycles. The average Bonchev–Trinajstić information content (AvgIpc) is 3.44. The Hall–Kier alpha value is -3.02. The second-order valence-corrected chi connectivity index (χ2v) is 15.8. The molecule has 48 heavy (non-hydrogen) atoms. The van der Waals surface area contributed by atoms with Crippen molar-refractivity contribution >= 4 is 35.6 Å². The Morgan fingerprint density at radius 1 is 0.917 bits per heavy atom. The van der Waals surface area contributed by atoms with E-state index in [4.69, 9.17) is 23.7 Å². The molecular weight excluding hydrogens is 624 g/mol. The topological polar surface area (TPSA) is 169 Å². The van der Waals surface area contributed by atoms with Crippen LogP contribution in [-0.4, -0.2) is 76.9 Å². The van der Waals surface area contributed by atoms with Gasteiger partial charge in [-0.05, 0) is 49.4 Å². The summed E-state index contributed by atoms with van der Waals surface area (Å²) >= 11 is 0. The number of ketones is 1. The first-order chi connectivity index (χ1) is 22.1. The molecule has 0 bridgehead atoms. The van der Waals surface area contributed by atoms with Gasteiger partial charge in [0.25, 0.3) is 0 Å². The number of Topliss-reactive ketones (excluding diaryl/α,β-unsaturated/α-hetero) is 1. The third-order valence-corrected chi connectivity index (χ3v) is 12.0. The van der Waals surface area contributed by atoms with Gasteiger partial charge >= 0.3 is 29.8 Å². The van der Waals surface area contributed by atoms with Gasteiger partial charge in [0.05, 0.1) is 23.2 Å². The number of hydrogen-bond donors (Lipinski definition) is 1. The lowest BCUT2D eigenvalue weighted by molar-refractivity contribution is -0.241. The molecule has 12 heteroatoms. The minimum atomic E-state index is -2.33. The highest BCUT2D eigenvalue weighted by Crippen LogP contribution is 2.76. The van der Waals surface area contributed by atoms with Gasteiger partial charge in [-0.3, -0.25) is 28.8 Å². The maximum Gasteiger partial charge on any atom is 0.308 e. The van der Waals surface area contributed by atoms with Crippen molar-refractivity contribution in [1.29, 1.82) is 0 Å². The number of hydrogen-bond acceptors (Lipinski definition) is 12. The first-order valence-electron chi connectivity index (χ1n) is 17.4. The molecule has 0 amide bonds. The summed E-state index contributed by atoms with van der Waals surface area (Å²) in [6, 6.07) is 0. The predicted molar refractivity (Wildman–Crippen MR) is 170 cm³/mol. The second kappa shape index (κ2) is 13.0. The minimum Gasteiger partial charge on any atom is -0.465 e. The summed E-state index contributed by atoms with van der Waals surface area (Å²) in [6.45, 7) is 17.5. The fourth-order valence-electron chi connectivity index (χ4n) is 9.45. The molecule has 0 saturated heterocycles. The number of aliphatic hydroxyl groups is 1. The first kappa shape index (κ1) is 37.8. The molecule has 1 N–H and O–H groups in total. The molecule has 0 aliphatic heterocycles. The maximum absolute atomic E-state index is 15.2. The summed E-state index contributed by atoms with van der Waals surface area (Å²) in [5, 5.41) is 12.8. The van der Waals surface area contributed by atoms with Gasteiger partial charge in [0.15, 0.2) is 5.60 Å². The fraction of sp³-hybridized carbons (Fsp3) is 0.833. The van der Waals surface area contributed by atoms with Crippen LogP contribution in [0.5, 0.6) is 0 Å². The minimum absolute atomic E-state index is 0.00140. The van der Waals surface area contributed by atoms with Gasteiger partial charge in [0.2, 0.25) is 5.78 Å². The molecule has 0 aromatic rings. The predicted octanol–water partition coefficient (Wildman–Crippen LogP) is 3.97. The largest absolute Gasteiger partial charge is 0.465 e. The molecule has 4 aliphatic carbocycles. The highest BCUT2D eigenvalue weighted by molar-refractivity contribution is 5.98. The summed E-state index contributed by atoms with van der Waals surface area (Å²) in [7, 11) is 0. The Kier molecular flexibility index (Phi) is 10.3. The summed E-state index contributed by atoms with van der Waals surface area (Å²) in [4.78, 5) is 81.2. The number of rotatable bonds is 10. The van der Waals surface area contributed by atoms with Crippen molar-refractivity contribution in [3.8, 4) is 0 Å². The van der Waals surface area contributed by atoms with Crippen molar-refractivity contribution in [2.75, 3.05) is 6.61 Å². The zero-order chi connectivity index (χ0) is 36.3. The van der Waals surface area contributed by atoms with Gasteiger partial charge < -0.3 is 28.8 Å². The van der Waals surface area contributed by atoms with Crippen molar-refractivity contribution in [3.63, 3.8) is 0 Å². The zero-order valence-electron chi connectivity index (χ0n) is 30.2. The van der Waals surface area contributed by atoms with Gasteiger partial charge in [0, 0.05) is 26.2 Å². The number of carbonyl (C=O) groups excluding carboxylic acids is 6. The van der Waals surface area contributed by atoms with Crippen molar-refractivity contribution in [1.82, 2.24) is 0 Å².